The first-order valence-electron chi connectivity index (χ1n) is 9.57. The monoisotopic (exact) mass is 428 g/mol. The van der Waals surface area contributed by atoms with Crippen LogP contribution in [0.5, 0.6) is 5.75 Å². The predicted molar refractivity (Wildman–Crippen MR) is 120 cm³/mol. The summed E-state index contributed by atoms with van der Waals surface area (Å²) in [5.41, 5.74) is 0.157. The van der Waals surface area contributed by atoms with Crippen LogP contribution in [0, 0.1) is 0 Å². The van der Waals surface area contributed by atoms with Gasteiger partial charge in [-0.3, -0.25) is 9.36 Å². The van der Waals surface area contributed by atoms with Crippen molar-refractivity contribution in [2.24, 2.45) is 0 Å². The first kappa shape index (κ1) is 19.1. The number of aromatic nitrogens is 2. The van der Waals surface area contributed by atoms with E-state index in [0.717, 1.165) is 22.2 Å². The third kappa shape index (κ3) is 3.39. The second kappa shape index (κ2) is 7.77. The zero-order chi connectivity index (χ0) is 21.4. The van der Waals surface area contributed by atoms with Gasteiger partial charge < -0.3 is 9.52 Å². The number of rotatable bonds is 4. The zero-order valence-corrected chi connectivity index (χ0v) is 17.0. The zero-order valence-electron chi connectivity index (χ0n) is 16.2. The molecule has 3 aromatic heterocycles. The Morgan fingerprint density at radius 3 is 2.39 bits per heavy atom. The third-order valence-corrected chi connectivity index (χ3v) is 6.02. The van der Waals surface area contributed by atoms with Crippen LogP contribution in [0.3, 0.4) is 0 Å². The van der Waals surface area contributed by atoms with Crippen molar-refractivity contribution >= 4 is 33.8 Å². The first-order valence-corrected chi connectivity index (χ1v) is 10.4. The Morgan fingerprint density at radius 1 is 0.935 bits per heavy atom. The van der Waals surface area contributed by atoms with Crippen molar-refractivity contribution in [1.82, 2.24) is 9.55 Å². The second-order valence-corrected chi connectivity index (χ2v) is 8.02. The molecule has 7 heteroatoms. The number of nitrogens with zero attached hydrogens (tertiary/aromatic N) is 2. The van der Waals surface area contributed by atoms with Gasteiger partial charge in [-0.05, 0) is 29.8 Å². The van der Waals surface area contributed by atoms with E-state index in [1.54, 1.807) is 18.3 Å². The van der Waals surface area contributed by atoms with E-state index in [0.29, 0.717) is 11.0 Å². The minimum atomic E-state index is -0.704. The topological polar surface area (TPSA) is 85.3 Å². The average molecular weight is 428 g/mol. The maximum absolute atomic E-state index is 13.5. The molecule has 5 rings (SSSR count). The highest BCUT2D eigenvalue weighted by atomic mass is 32.2. The molecule has 0 bridgehead atoms. The Hall–Kier alpha value is -3.84. The van der Waals surface area contributed by atoms with Crippen LogP contribution in [0.25, 0.3) is 22.0 Å². The van der Waals surface area contributed by atoms with Gasteiger partial charge in [0, 0.05) is 11.1 Å². The van der Waals surface area contributed by atoms with E-state index in [4.69, 9.17) is 4.42 Å². The number of aromatic hydroxyl groups is 1. The van der Waals surface area contributed by atoms with Crippen molar-refractivity contribution in [2.45, 2.75) is 16.3 Å². The normalized spacial score (nSPS) is 11.2. The Bertz CT molecular complexity index is 1530. The lowest BCUT2D eigenvalue weighted by atomic mass is 10.1. The van der Waals surface area contributed by atoms with Crippen LogP contribution in [0.15, 0.2) is 103 Å². The summed E-state index contributed by atoms with van der Waals surface area (Å²) < 4.78 is 7.05. The molecule has 0 saturated carbocycles. The summed E-state index contributed by atoms with van der Waals surface area (Å²) in [6, 6.07) is 22.1. The lowest BCUT2D eigenvalue weighted by Crippen LogP contribution is -2.23. The van der Waals surface area contributed by atoms with Crippen LogP contribution in [0.1, 0.15) is 5.56 Å². The molecule has 1 N–H and O–H groups in total. The highest BCUT2D eigenvalue weighted by Gasteiger charge is 2.22. The molecule has 0 atom stereocenters. The lowest BCUT2D eigenvalue weighted by molar-refractivity contribution is 0.446. The van der Waals surface area contributed by atoms with Crippen molar-refractivity contribution in [1.29, 1.82) is 0 Å². The summed E-state index contributed by atoms with van der Waals surface area (Å²) in [4.78, 5) is 31.3. The van der Waals surface area contributed by atoms with Gasteiger partial charge in [0.1, 0.15) is 15.9 Å². The van der Waals surface area contributed by atoms with Gasteiger partial charge in [-0.1, -0.05) is 60.3 Å². The number of benzene rings is 2. The molecule has 0 aliphatic rings. The molecule has 2 aromatic carbocycles. The number of hydrogen-bond donors (Lipinski definition) is 1. The molecule has 152 valence electrons. The SMILES string of the molecule is O=c1oc2c(c(O)c1Sc1ccccc1)c(=O)n(Cc1ccccc1)c1ncccc21. The molecule has 0 amide bonds. The molecule has 31 heavy (non-hydrogen) atoms. The van der Waals surface area contributed by atoms with Crippen LogP contribution in [-0.4, -0.2) is 14.7 Å². The molecule has 0 spiro atoms. The summed E-state index contributed by atoms with van der Waals surface area (Å²) in [6.07, 6.45) is 1.58. The van der Waals surface area contributed by atoms with Crippen LogP contribution in [-0.2, 0) is 6.54 Å². The first-order chi connectivity index (χ1) is 15.1. The van der Waals surface area contributed by atoms with Gasteiger partial charge in [-0.25, -0.2) is 9.78 Å². The Morgan fingerprint density at radius 2 is 1.65 bits per heavy atom. The molecule has 3 heterocycles. The summed E-state index contributed by atoms with van der Waals surface area (Å²) in [7, 11) is 0. The predicted octanol–water partition coefficient (Wildman–Crippen LogP) is 4.41. The number of fused-ring (bicyclic) bond motifs is 3. The molecule has 6 nitrogen and oxygen atoms in total. The van der Waals surface area contributed by atoms with Crippen LogP contribution < -0.4 is 11.2 Å². The lowest BCUT2D eigenvalue weighted by Gasteiger charge is -2.13. The van der Waals surface area contributed by atoms with Crippen LogP contribution >= 0.6 is 11.8 Å². The van der Waals surface area contributed by atoms with E-state index < -0.39 is 11.2 Å². The van der Waals surface area contributed by atoms with E-state index in [-0.39, 0.29) is 28.2 Å². The maximum Gasteiger partial charge on any atom is 0.354 e. The van der Waals surface area contributed by atoms with E-state index >= 15 is 0 Å². The van der Waals surface area contributed by atoms with Crippen molar-refractivity contribution in [3.05, 3.63) is 105 Å². The van der Waals surface area contributed by atoms with Gasteiger partial charge >= 0.3 is 5.63 Å². The van der Waals surface area contributed by atoms with Crippen molar-refractivity contribution in [2.75, 3.05) is 0 Å². The molecule has 0 aliphatic heterocycles. The number of hydrogen-bond acceptors (Lipinski definition) is 6. The standard InChI is InChI=1S/C24H16N2O4S/c27-19-18-20(30-24(29)21(19)31-16-10-5-2-6-11-16)17-12-7-13-25-22(17)26(23(18)28)14-15-8-3-1-4-9-15/h1-13,27H,14H2. The fourth-order valence-electron chi connectivity index (χ4n) is 3.53. The molecule has 0 aliphatic carbocycles. The highest BCUT2D eigenvalue weighted by molar-refractivity contribution is 7.99. The Labute approximate surface area is 180 Å². The molecule has 0 radical (unpaired) electrons. The molecular weight excluding hydrogens is 412 g/mol. The van der Waals surface area contributed by atoms with E-state index in [1.807, 2.05) is 60.7 Å². The summed E-state index contributed by atoms with van der Waals surface area (Å²) in [5, 5.41) is 11.5. The summed E-state index contributed by atoms with van der Waals surface area (Å²) >= 11 is 1.06. The molecule has 0 saturated heterocycles. The van der Waals surface area contributed by atoms with Gasteiger partial charge in [-0.15, -0.1) is 0 Å². The second-order valence-electron chi connectivity index (χ2n) is 6.94. The van der Waals surface area contributed by atoms with Gasteiger partial charge in [0.25, 0.3) is 5.56 Å². The smallest absolute Gasteiger partial charge is 0.354 e. The quantitative estimate of drug-likeness (QED) is 0.427. The van der Waals surface area contributed by atoms with Crippen LogP contribution in [0.2, 0.25) is 0 Å². The van der Waals surface area contributed by atoms with E-state index in [9.17, 15) is 14.7 Å². The number of pyridine rings is 2. The van der Waals surface area contributed by atoms with E-state index in [1.165, 1.54) is 4.57 Å². The largest absolute Gasteiger partial charge is 0.505 e. The highest BCUT2D eigenvalue weighted by Crippen LogP contribution is 2.36. The van der Waals surface area contributed by atoms with Gasteiger partial charge in [0.2, 0.25) is 0 Å². The third-order valence-electron chi connectivity index (χ3n) is 4.95. The van der Waals surface area contributed by atoms with Crippen molar-refractivity contribution < 1.29 is 9.52 Å². The Kier molecular flexibility index (Phi) is 4.80. The summed E-state index contributed by atoms with van der Waals surface area (Å²) in [6.45, 7) is 0.267. The van der Waals surface area contributed by atoms with E-state index in [2.05, 4.69) is 4.98 Å². The Balaban J connectivity index is 1.81. The fourth-order valence-corrected chi connectivity index (χ4v) is 4.38. The fraction of sp³-hybridized carbons (Fsp3) is 0.0417. The van der Waals surface area contributed by atoms with Crippen LogP contribution in [0.4, 0.5) is 0 Å². The minimum Gasteiger partial charge on any atom is -0.505 e. The molecular formula is C24H16N2O4S. The summed E-state index contributed by atoms with van der Waals surface area (Å²) in [5.74, 6) is -0.377. The minimum absolute atomic E-state index is 0.0229. The van der Waals surface area contributed by atoms with Gasteiger partial charge in [-0.2, -0.15) is 0 Å². The van der Waals surface area contributed by atoms with Crippen molar-refractivity contribution in [3.63, 3.8) is 0 Å². The molecule has 0 unspecified atom stereocenters. The molecule has 0 fully saturated rings. The average Bonchev–Trinajstić information content (AvgIpc) is 2.80. The molecule has 5 aromatic rings. The van der Waals surface area contributed by atoms with Gasteiger partial charge in [0.15, 0.2) is 11.3 Å². The van der Waals surface area contributed by atoms with Gasteiger partial charge in [0.05, 0.1) is 11.9 Å². The maximum atomic E-state index is 13.5. The van der Waals surface area contributed by atoms with Crippen molar-refractivity contribution in [3.8, 4) is 5.75 Å².